The molecule has 0 atom stereocenters. The zero-order chi connectivity index (χ0) is 14.7. The minimum absolute atomic E-state index is 0.0699. The first kappa shape index (κ1) is 15.0. The molecule has 20 heavy (non-hydrogen) atoms. The quantitative estimate of drug-likeness (QED) is 0.564. The fourth-order valence-electron chi connectivity index (χ4n) is 1.70. The van der Waals surface area contributed by atoms with Gasteiger partial charge in [0, 0.05) is 11.4 Å². The summed E-state index contributed by atoms with van der Waals surface area (Å²) < 4.78 is 0. The Bertz CT molecular complexity index is 642. The van der Waals surface area contributed by atoms with Crippen LogP contribution in [-0.2, 0) is 4.79 Å². The number of nitrogens with two attached hydrogens (primary N) is 1. The Labute approximate surface area is 124 Å². The Balaban J connectivity index is 2.14. The van der Waals surface area contributed by atoms with Crippen molar-refractivity contribution in [2.24, 2.45) is 0 Å². The van der Waals surface area contributed by atoms with Gasteiger partial charge in [0.05, 0.1) is 17.7 Å². The molecule has 108 valence electrons. The molecule has 0 aliphatic rings. The Morgan fingerprint density at radius 1 is 1.45 bits per heavy atom. The van der Waals surface area contributed by atoms with Crippen molar-refractivity contribution in [3.63, 3.8) is 0 Å². The van der Waals surface area contributed by atoms with Crippen LogP contribution < -0.4 is 11.1 Å². The number of aromatic nitrogens is 2. The van der Waals surface area contributed by atoms with Gasteiger partial charge in [0.1, 0.15) is 10.6 Å². The predicted molar refractivity (Wildman–Crippen MR) is 82.1 cm³/mol. The van der Waals surface area contributed by atoms with Crippen LogP contribution in [0.25, 0.3) is 10.2 Å². The number of thiophene rings is 1. The third-order valence-electron chi connectivity index (χ3n) is 2.80. The molecular weight excluding hydrogens is 296 g/mol. The zero-order valence-electron chi connectivity index (χ0n) is 11.3. The highest BCUT2D eigenvalue weighted by atomic mass is 32.2. The van der Waals surface area contributed by atoms with Gasteiger partial charge in [-0.05, 0) is 19.4 Å². The molecule has 0 aliphatic carbocycles. The topological polar surface area (TPSA) is 101 Å². The van der Waals surface area contributed by atoms with Gasteiger partial charge in [0.15, 0.2) is 5.16 Å². The van der Waals surface area contributed by atoms with E-state index >= 15 is 0 Å². The lowest BCUT2D eigenvalue weighted by atomic mass is 10.2. The summed E-state index contributed by atoms with van der Waals surface area (Å²) in [7, 11) is 0. The number of aliphatic hydroxyl groups is 1. The summed E-state index contributed by atoms with van der Waals surface area (Å²) in [5, 5.41) is 12.6. The molecule has 0 saturated heterocycles. The summed E-state index contributed by atoms with van der Waals surface area (Å²) in [4.78, 5) is 22.1. The number of thioether (sulfide) groups is 1. The van der Waals surface area contributed by atoms with E-state index in [-0.39, 0.29) is 24.8 Å². The van der Waals surface area contributed by atoms with Crippen LogP contribution >= 0.6 is 23.1 Å². The highest BCUT2D eigenvalue weighted by Crippen LogP contribution is 2.33. The Morgan fingerprint density at radius 3 is 2.90 bits per heavy atom. The van der Waals surface area contributed by atoms with Crippen LogP contribution in [0.1, 0.15) is 10.4 Å². The maximum absolute atomic E-state index is 11.5. The Kier molecular flexibility index (Phi) is 4.79. The van der Waals surface area contributed by atoms with Crippen molar-refractivity contribution in [3.8, 4) is 0 Å². The van der Waals surface area contributed by atoms with Crippen molar-refractivity contribution < 1.29 is 9.90 Å². The van der Waals surface area contributed by atoms with E-state index in [1.165, 1.54) is 16.6 Å². The minimum atomic E-state index is -0.162. The fourth-order valence-corrected chi connectivity index (χ4v) is 3.48. The van der Waals surface area contributed by atoms with Gasteiger partial charge in [0.2, 0.25) is 5.91 Å². The smallest absolute Gasteiger partial charge is 0.230 e. The van der Waals surface area contributed by atoms with E-state index in [1.54, 1.807) is 11.3 Å². The van der Waals surface area contributed by atoms with E-state index in [0.29, 0.717) is 11.0 Å². The van der Waals surface area contributed by atoms with E-state index in [2.05, 4.69) is 15.3 Å². The van der Waals surface area contributed by atoms with Gasteiger partial charge in [-0.3, -0.25) is 4.79 Å². The molecule has 4 N–H and O–H groups in total. The summed E-state index contributed by atoms with van der Waals surface area (Å²) in [5.74, 6) is 0.494. The fraction of sp³-hybridized carbons (Fsp3) is 0.417. The molecule has 0 bridgehead atoms. The van der Waals surface area contributed by atoms with E-state index in [0.717, 1.165) is 15.8 Å². The number of hydrogen-bond donors (Lipinski definition) is 3. The number of aliphatic hydroxyl groups excluding tert-OH is 1. The lowest BCUT2D eigenvalue weighted by Gasteiger charge is -2.04. The molecule has 0 fully saturated rings. The van der Waals surface area contributed by atoms with Crippen molar-refractivity contribution in [3.05, 3.63) is 10.4 Å². The van der Waals surface area contributed by atoms with Crippen LogP contribution in [0, 0.1) is 13.8 Å². The van der Waals surface area contributed by atoms with Crippen LogP contribution in [0.5, 0.6) is 0 Å². The minimum Gasteiger partial charge on any atom is -0.395 e. The molecule has 0 spiro atoms. The standard InChI is InChI=1S/C12H16N4O2S2/c1-6-7(2)20-11-9(6)10(13)15-12(16-11)19-5-8(18)14-3-4-17/h17H,3-5H2,1-2H3,(H,14,18)(H2,13,15,16). The molecule has 6 nitrogen and oxygen atoms in total. The summed E-state index contributed by atoms with van der Waals surface area (Å²) in [5.41, 5.74) is 7.08. The van der Waals surface area contributed by atoms with Crippen LogP contribution in [0.2, 0.25) is 0 Å². The largest absolute Gasteiger partial charge is 0.395 e. The third kappa shape index (κ3) is 3.20. The first-order valence-corrected chi connectivity index (χ1v) is 7.86. The van der Waals surface area contributed by atoms with Gasteiger partial charge in [-0.25, -0.2) is 9.97 Å². The molecule has 0 unspecified atom stereocenters. The summed E-state index contributed by atoms with van der Waals surface area (Å²) in [6.07, 6.45) is 0. The summed E-state index contributed by atoms with van der Waals surface area (Å²) >= 11 is 2.81. The molecular formula is C12H16N4O2S2. The van der Waals surface area contributed by atoms with E-state index in [4.69, 9.17) is 10.8 Å². The molecule has 2 heterocycles. The van der Waals surface area contributed by atoms with Gasteiger partial charge < -0.3 is 16.2 Å². The monoisotopic (exact) mass is 312 g/mol. The zero-order valence-corrected chi connectivity index (χ0v) is 12.9. The van der Waals surface area contributed by atoms with Gasteiger partial charge >= 0.3 is 0 Å². The second-order valence-corrected chi connectivity index (χ2v) is 6.36. The SMILES string of the molecule is Cc1sc2nc(SCC(=O)NCCO)nc(N)c2c1C. The molecule has 8 heteroatoms. The van der Waals surface area contributed by atoms with Crippen LogP contribution in [0.15, 0.2) is 5.16 Å². The maximum Gasteiger partial charge on any atom is 0.230 e. The van der Waals surface area contributed by atoms with E-state index in [1.807, 2.05) is 13.8 Å². The number of fused-ring (bicyclic) bond motifs is 1. The first-order valence-electron chi connectivity index (χ1n) is 6.06. The molecule has 0 aliphatic heterocycles. The number of carbonyl (C=O) groups excluding carboxylic acids is 1. The highest BCUT2D eigenvalue weighted by molar-refractivity contribution is 7.99. The van der Waals surface area contributed by atoms with Gasteiger partial charge in [-0.1, -0.05) is 11.8 Å². The van der Waals surface area contributed by atoms with Crippen molar-refractivity contribution in [1.82, 2.24) is 15.3 Å². The van der Waals surface area contributed by atoms with Crippen molar-refractivity contribution in [2.45, 2.75) is 19.0 Å². The number of nitrogens with one attached hydrogen (secondary N) is 1. The van der Waals surface area contributed by atoms with Gasteiger partial charge in [0.25, 0.3) is 0 Å². The van der Waals surface area contributed by atoms with Crippen LogP contribution in [-0.4, -0.2) is 39.9 Å². The van der Waals surface area contributed by atoms with Crippen molar-refractivity contribution in [1.29, 1.82) is 0 Å². The summed E-state index contributed by atoms with van der Waals surface area (Å²) in [6.45, 7) is 4.21. The summed E-state index contributed by atoms with van der Waals surface area (Å²) in [6, 6.07) is 0. The highest BCUT2D eigenvalue weighted by Gasteiger charge is 2.13. The number of aryl methyl sites for hydroxylation is 2. The number of amides is 1. The van der Waals surface area contributed by atoms with Crippen LogP contribution in [0.4, 0.5) is 5.82 Å². The second kappa shape index (κ2) is 6.38. The number of nitrogen functional groups attached to an aromatic ring is 1. The predicted octanol–water partition coefficient (Wildman–Crippen LogP) is 1.09. The lowest BCUT2D eigenvalue weighted by Crippen LogP contribution is -2.27. The molecule has 0 radical (unpaired) electrons. The average molecular weight is 312 g/mol. The third-order valence-corrected chi connectivity index (χ3v) is 4.75. The van der Waals surface area contributed by atoms with Crippen molar-refractivity contribution >= 4 is 45.0 Å². The maximum atomic E-state index is 11.5. The van der Waals surface area contributed by atoms with E-state index in [9.17, 15) is 4.79 Å². The normalized spacial score (nSPS) is 10.9. The molecule has 2 aromatic rings. The molecule has 0 aromatic carbocycles. The average Bonchev–Trinajstić information content (AvgIpc) is 2.69. The second-order valence-electron chi connectivity index (χ2n) is 4.22. The number of rotatable bonds is 5. The number of nitrogens with zero attached hydrogens (tertiary/aromatic N) is 2. The van der Waals surface area contributed by atoms with Crippen molar-refractivity contribution in [2.75, 3.05) is 24.6 Å². The molecule has 2 aromatic heterocycles. The first-order chi connectivity index (χ1) is 9.52. The molecule has 2 rings (SSSR count). The molecule has 0 saturated carbocycles. The van der Waals surface area contributed by atoms with E-state index < -0.39 is 0 Å². The Hall–Kier alpha value is -1.38. The molecule has 1 amide bonds. The number of anilines is 1. The lowest BCUT2D eigenvalue weighted by molar-refractivity contribution is -0.118. The van der Waals surface area contributed by atoms with Gasteiger partial charge in [-0.15, -0.1) is 11.3 Å². The number of carbonyl (C=O) groups is 1. The Morgan fingerprint density at radius 2 is 2.20 bits per heavy atom. The van der Waals surface area contributed by atoms with Crippen LogP contribution in [0.3, 0.4) is 0 Å². The number of hydrogen-bond acceptors (Lipinski definition) is 7. The van der Waals surface area contributed by atoms with Gasteiger partial charge in [-0.2, -0.15) is 0 Å².